The first-order valence-corrected chi connectivity index (χ1v) is 12.1. The van der Waals surface area contributed by atoms with Gasteiger partial charge in [0.2, 0.25) is 0 Å². The Morgan fingerprint density at radius 1 is 1.06 bits per heavy atom. The van der Waals surface area contributed by atoms with Gasteiger partial charge in [0.05, 0.1) is 6.61 Å². The van der Waals surface area contributed by atoms with Crippen LogP contribution in [0.1, 0.15) is 33.1 Å². The zero-order valence-corrected chi connectivity index (χ0v) is 18.9. The van der Waals surface area contributed by atoms with Gasteiger partial charge in [-0.05, 0) is 19.3 Å². The van der Waals surface area contributed by atoms with Gasteiger partial charge < -0.3 is 14.8 Å². The molecule has 1 aliphatic rings. The lowest BCUT2D eigenvalue weighted by molar-refractivity contribution is -0.247. The first-order valence-electron chi connectivity index (χ1n) is 9.28. The molecule has 0 amide bonds. The van der Waals surface area contributed by atoms with Crippen molar-refractivity contribution in [3.05, 3.63) is 11.8 Å². The van der Waals surface area contributed by atoms with Crippen molar-refractivity contribution >= 4 is 25.9 Å². The lowest BCUT2D eigenvalue weighted by Crippen LogP contribution is -2.63. The standard InChI is InChI=1S/C16H23F6NO8S2/c1-3-13(2,9-24)12(26)8-11(25)10-4-6-23(7-5-10)32(27,28)15(19,20)14(17,18)16(21,22)33(29,30)31/h8,10,24,26H,3-7,9H2,1-2H3,(H,29,30,31)/p-1. The van der Waals surface area contributed by atoms with Crippen molar-refractivity contribution < 1.29 is 62.7 Å². The predicted octanol–water partition coefficient (Wildman–Crippen LogP) is 1.81. The normalized spacial score (nSPS) is 20.5. The molecule has 0 spiro atoms. The molecule has 1 saturated heterocycles. The van der Waals surface area contributed by atoms with Crippen LogP contribution in [0.2, 0.25) is 0 Å². The van der Waals surface area contributed by atoms with Crippen LogP contribution in [0.25, 0.3) is 0 Å². The molecule has 0 aromatic carbocycles. The van der Waals surface area contributed by atoms with Crippen LogP contribution in [0, 0.1) is 11.3 Å². The summed E-state index contributed by atoms with van der Waals surface area (Å²) in [4.78, 5) is 12.3. The third kappa shape index (κ3) is 5.01. The Balaban J connectivity index is 3.11. The van der Waals surface area contributed by atoms with Crippen LogP contribution in [-0.2, 0) is 24.9 Å². The summed E-state index contributed by atoms with van der Waals surface area (Å²) in [5.74, 6) is -9.44. The highest BCUT2D eigenvalue weighted by Crippen LogP contribution is 2.51. The number of piperidine rings is 1. The van der Waals surface area contributed by atoms with E-state index in [2.05, 4.69) is 0 Å². The van der Waals surface area contributed by atoms with Crippen LogP contribution in [0.4, 0.5) is 26.3 Å². The topological polar surface area (TPSA) is 152 Å². The molecular weight excluding hydrogens is 512 g/mol. The van der Waals surface area contributed by atoms with Gasteiger partial charge in [0.1, 0.15) is 5.76 Å². The fourth-order valence-electron chi connectivity index (χ4n) is 2.83. The van der Waals surface area contributed by atoms with Crippen molar-refractivity contribution in [3.63, 3.8) is 0 Å². The smallest absolute Gasteiger partial charge is 0.428 e. The van der Waals surface area contributed by atoms with E-state index in [4.69, 9.17) is 0 Å². The Hall–Kier alpha value is -1.43. The zero-order valence-electron chi connectivity index (χ0n) is 17.3. The lowest BCUT2D eigenvalue weighted by Gasteiger charge is -2.37. The molecule has 9 nitrogen and oxygen atoms in total. The van der Waals surface area contributed by atoms with Gasteiger partial charge >= 0.3 is 16.4 Å². The summed E-state index contributed by atoms with van der Waals surface area (Å²) in [6.07, 6.45) is -0.0663. The van der Waals surface area contributed by atoms with E-state index in [9.17, 15) is 62.7 Å². The van der Waals surface area contributed by atoms with Crippen LogP contribution < -0.4 is 0 Å². The lowest BCUT2D eigenvalue weighted by atomic mass is 9.84. The second-order valence-corrected chi connectivity index (χ2v) is 11.1. The van der Waals surface area contributed by atoms with Crippen LogP contribution >= 0.6 is 0 Å². The Kier molecular flexibility index (Phi) is 8.36. The largest absolute Gasteiger partial charge is 0.743 e. The zero-order chi connectivity index (χ0) is 26.3. The number of carbonyl (C=O) groups is 1. The number of nitrogens with zero attached hydrogens (tertiary/aromatic N) is 1. The van der Waals surface area contributed by atoms with Crippen molar-refractivity contribution in [3.8, 4) is 0 Å². The molecule has 1 unspecified atom stereocenters. The Bertz CT molecular complexity index is 984. The van der Waals surface area contributed by atoms with Gasteiger partial charge in [0, 0.05) is 30.5 Å². The fourth-order valence-corrected chi connectivity index (χ4v) is 4.81. The van der Waals surface area contributed by atoms with E-state index >= 15 is 0 Å². The van der Waals surface area contributed by atoms with Crippen LogP contribution in [0.15, 0.2) is 11.8 Å². The number of allylic oxidation sites excluding steroid dienone is 1. The fraction of sp³-hybridized carbons (Fsp3) is 0.812. The quantitative estimate of drug-likeness (QED) is 0.186. The Morgan fingerprint density at radius 2 is 1.52 bits per heavy atom. The molecule has 33 heavy (non-hydrogen) atoms. The molecule has 0 aliphatic carbocycles. The molecule has 2 N–H and O–H groups in total. The van der Waals surface area contributed by atoms with Gasteiger partial charge in [-0.25, -0.2) is 16.8 Å². The van der Waals surface area contributed by atoms with Crippen LogP contribution in [-0.4, -0.2) is 77.8 Å². The number of aliphatic hydroxyl groups excluding tert-OH is 2. The highest BCUT2D eigenvalue weighted by Gasteiger charge is 2.80. The number of hydrogen-bond acceptors (Lipinski definition) is 8. The van der Waals surface area contributed by atoms with E-state index in [0.717, 1.165) is 6.08 Å². The van der Waals surface area contributed by atoms with Crippen molar-refractivity contribution in [2.45, 2.75) is 49.5 Å². The maximum absolute atomic E-state index is 14.0. The number of halogens is 6. The molecule has 194 valence electrons. The molecule has 1 rings (SSSR count). The minimum absolute atomic E-state index is 0.225. The average Bonchev–Trinajstić information content (AvgIpc) is 2.71. The summed E-state index contributed by atoms with van der Waals surface area (Å²) >= 11 is 0. The van der Waals surface area contributed by atoms with Gasteiger partial charge in [-0.2, -0.15) is 30.6 Å². The van der Waals surface area contributed by atoms with E-state index in [0.29, 0.717) is 0 Å². The van der Waals surface area contributed by atoms with Gasteiger partial charge in [-0.3, -0.25) is 4.79 Å². The highest BCUT2D eigenvalue weighted by atomic mass is 32.2. The summed E-state index contributed by atoms with van der Waals surface area (Å²) in [5, 5.41) is 5.74. The van der Waals surface area contributed by atoms with Crippen molar-refractivity contribution in [2.75, 3.05) is 19.7 Å². The third-order valence-corrected chi connectivity index (χ3v) is 8.43. The molecular formula is C16H22F6NO8S2-. The molecule has 0 aromatic heterocycles. The predicted molar refractivity (Wildman–Crippen MR) is 99.0 cm³/mol. The molecule has 1 aliphatic heterocycles. The SMILES string of the molecule is CCC(C)(CO)C(O)=CC(=O)C1CCN(S(=O)(=O)C(F)(F)C(F)(F)C(F)(F)S(=O)(=O)[O-])CC1. The van der Waals surface area contributed by atoms with E-state index in [1.54, 1.807) is 6.92 Å². The van der Waals surface area contributed by atoms with Crippen LogP contribution in [0.3, 0.4) is 0 Å². The molecule has 17 heteroatoms. The third-order valence-electron chi connectivity index (χ3n) is 5.59. The number of hydrogen-bond donors (Lipinski definition) is 2. The molecule has 1 atom stereocenters. The summed E-state index contributed by atoms with van der Waals surface area (Å²) in [7, 11) is -14.0. The maximum Gasteiger partial charge on any atom is 0.428 e. The molecule has 0 aromatic rings. The first-order chi connectivity index (χ1) is 14.6. The summed E-state index contributed by atoms with van der Waals surface area (Å²) < 4.78 is 137. The first kappa shape index (κ1) is 29.6. The number of ketones is 1. The van der Waals surface area contributed by atoms with Crippen LogP contribution in [0.5, 0.6) is 0 Å². The second-order valence-electron chi connectivity index (χ2n) is 7.74. The molecule has 0 saturated carbocycles. The molecule has 0 bridgehead atoms. The van der Waals surface area contributed by atoms with E-state index in [1.807, 2.05) is 0 Å². The Morgan fingerprint density at radius 3 is 1.88 bits per heavy atom. The molecule has 0 radical (unpaired) electrons. The number of carbonyl (C=O) groups excluding carboxylic acids is 1. The minimum atomic E-state index is -7.37. The van der Waals surface area contributed by atoms with Gasteiger partial charge in [-0.15, -0.1) is 0 Å². The monoisotopic (exact) mass is 534 g/mol. The van der Waals surface area contributed by atoms with E-state index in [1.165, 1.54) is 6.92 Å². The van der Waals surface area contributed by atoms with Crippen molar-refractivity contribution in [1.29, 1.82) is 0 Å². The number of alkyl halides is 6. The van der Waals surface area contributed by atoms with Gasteiger partial charge in [0.15, 0.2) is 15.9 Å². The van der Waals surface area contributed by atoms with E-state index in [-0.39, 0.29) is 10.7 Å². The highest BCUT2D eigenvalue weighted by molar-refractivity contribution is 7.90. The Labute approximate surface area is 185 Å². The number of rotatable bonds is 10. The summed E-state index contributed by atoms with van der Waals surface area (Å²) in [6, 6.07) is 0. The number of aliphatic hydroxyl groups is 2. The van der Waals surface area contributed by atoms with Crippen molar-refractivity contribution in [1.82, 2.24) is 4.31 Å². The molecule has 1 fully saturated rings. The van der Waals surface area contributed by atoms with Gasteiger partial charge in [0.25, 0.3) is 10.0 Å². The van der Waals surface area contributed by atoms with Crippen molar-refractivity contribution in [2.24, 2.45) is 11.3 Å². The van der Waals surface area contributed by atoms with E-state index < -0.39 is 92.0 Å². The average molecular weight is 534 g/mol. The molecule has 1 heterocycles. The van der Waals surface area contributed by atoms with Gasteiger partial charge in [-0.1, -0.05) is 13.8 Å². The maximum atomic E-state index is 14.0. The summed E-state index contributed by atoms with van der Waals surface area (Å²) in [6.45, 7) is 0.509. The number of sulfonamides is 1. The second kappa shape index (κ2) is 9.31. The minimum Gasteiger partial charge on any atom is -0.743 e. The summed E-state index contributed by atoms with van der Waals surface area (Å²) in [5.41, 5.74) is -1.17.